The van der Waals surface area contributed by atoms with E-state index >= 15 is 0 Å². The summed E-state index contributed by atoms with van der Waals surface area (Å²) >= 11 is 5.03. The Hall–Kier alpha value is -2.28. The van der Waals surface area contributed by atoms with Crippen LogP contribution in [0.5, 0.6) is 0 Å². The van der Waals surface area contributed by atoms with Crippen molar-refractivity contribution in [2.75, 3.05) is 12.4 Å². The molecule has 6 nitrogen and oxygen atoms in total. The molecule has 7 heteroatoms. The molecule has 2 rings (SSSR count). The van der Waals surface area contributed by atoms with Crippen molar-refractivity contribution < 1.29 is 14.4 Å². The van der Waals surface area contributed by atoms with Gasteiger partial charge in [0.05, 0.1) is 11.1 Å². The molecule has 1 heterocycles. The van der Waals surface area contributed by atoms with E-state index in [1.54, 1.807) is 32.0 Å². The Balaban J connectivity index is 2.14. The number of fused-ring (bicyclic) bond motifs is 1. The van der Waals surface area contributed by atoms with Crippen molar-refractivity contribution in [1.82, 2.24) is 10.2 Å². The number of carbonyl (C=O) groups is 3. The summed E-state index contributed by atoms with van der Waals surface area (Å²) in [5, 5.41) is 5.52. The highest BCUT2D eigenvalue weighted by Crippen LogP contribution is 2.24. The largest absolute Gasteiger partial charge is 0.332 e. The number of hydrogen-bond acceptors (Lipinski definition) is 4. The summed E-state index contributed by atoms with van der Waals surface area (Å²) in [5.41, 5.74) is 1.23. The lowest BCUT2D eigenvalue weighted by molar-refractivity contribution is -0.122. The van der Waals surface area contributed by atoms with E-state index in [1.165, 1.54) is 7.05 Å². The quantitative estimate of drug-likeness (QED) is 0.637. The van der Waals surface area contributed by atoms with Crippen LogP contribution in [0.2, 0.25) is 0 Å². The lowest BCUT2D eigenvalue weighted by atomic mass is 10.1. The molecule has 3 amide bonds. The molecule has 0 aliphatic carbocycles. The highest BCUT2D eigenvalue weighted by Gasteiger charge is 2.32. The molecule has 0 radical (unpaired) electrons. The fraction of sp³-hybridized carbons (Fsp3) is 0.286. The van der Waals surface area contributed by atoms with Gasteiger partial charge in [-0.3, -0.25) is 19.3 Å². The number of carbonyl (C=O) groups excluding carboxylic acids is 3. The SMILES string of the molecule is CC(C)C(=O)NC(=S)Nc1ccc2c(c1)C(=O)N(C)C2=O. The highest BCUT2D eigenvalue weighted by molar-refractivity contribution is 7.80. The van der Waals surface area contributed by atoms with Gasteiger partial charge in [0, 0.05) is 18.7 Å². The Morgan fingerprint density at radius 3 is 2.43 bits per heavy atom. The Bertz CT molecular complexity index is 655. The first kappa shape index (κ1) is 15.1. The van der Waals surface area contributed by atoms with Crippen LogP contribution in [-0.2, 0) is 4.79 Å². The molecule has 1 aromatic rings. The predicted molar refractivity (Wildman–Crippen MR) is 82.1 cm³/mol. The standard InChI is InChI=1S/C14H15N3O3S/c1-7(2)11(18)16-14(21)15-8-4-5-9-10(6-8)13(20)17(3)12(9)19/h4-7H,1-3H3,(H2,15,16,18,21). The second-order valence-corrected chi connectivity index (χ2v) is 5.44. The van der Waals surface area contributed by atoms with Crippen LogP contribution < -0.4 is 10.6 Å². The second-order valence-electron chi connectivity index (χ2n) is 5.03. The average molecular weight is 305 g/mol. The van der Waals surface area contributed by atoms with Crippen molar-refractivity contribution in [3.05, 3.63) is 29.3 Å². The third-order valence-corrected chi connectivity index (χ3v) is 3.31. The zero-order valence-corrected chi connectivity index (χ0v) is 12.7. The maximum absolute atomic E-state index is 11.9. The zero-order valence-electron chi connectivity index (χ0n) is 11.9. The Morgan fingerprint density at radius 2 is 1.81 bits per heavy atom. The van der Waals surface area contributed by atoms with Gasteiger partial charge in [-0.1, -0.05) is 13.8 Å². The van der Waals surface area contributed by atoms with E-state index in [0.717, 1.165) is 4.90 Å². The van der Waals surface area contributed by atoms with E-state index in [9.17, 15) is 14.4 Å². The molecule has 1 aliphatic rings. The average Bonchev–Trinajstić information content (AvgIpc) is 2.63. The smallest absolute Gasteiger partial charge is 0.261 e. The van der Waals surface area contributed by atoms with Crippen LogP contribution in [0.1, 0.15) is 34.6 Å². The van der Waals surface area contributed by atoms with Gasteiger partial charge in [0.25, 0.3) is 11.8 Å². The minimum absolute atomic E-state index is 0.152. The van der Waals surface area contributed by atoms with Crippen LogP contribution in [-0.4, -0.2) is 34.8 Å². The van der Waals surface area contributed by atoms with Gasteiger partial charge >= 0.3 is 0 Å². The van der Waals surface area contributed by atoms with E-state index in [-0.39, 0.29) is 28.8 Å². The zero-order chi connectivity index (χ0) is 15.7. The summed E-state index contributed by atoms with van der Waals surface area (Å²) in [6.07, 6.45) is 0. The molecule has 0 spiro atoms. The highest BCUT2D eigenvalue weighted by atomic mass is 32.1. The summed E-state index contributed by atoms with van der Waals surface area (Å²) in [6, 6.07) is 4.75. The van der Waals surface area contributed by atoms with Gasteiger partial charge < -0.3 is 10.6 Å². The first-order chi connectivity index (χ1) is 9.81. The maximum Gasteiger partial charge on any atom is 0.261 e. The molecular formula is C14H15N3O3S. The van der Waals surface area contributed by atoms with Crippen LogP contribution in [0.25, 0.3) is 0 Å². The van der Waals surface area contributed by atoms with E-state index in [1.807, 2.05) is 0 Å². The van der Waals surface area contributed by atoms with Crippen LogP contribution in [0.15, 0.2) is 18.2 Å². The van der Waals surface area contributed by atoms with Gasteiger partial charge in [-0.15, -0.1) is 0 Å². The van der Waals surface area contributed by atoms with Crippen LogP contribution in [0, 0.1) is 5.92 Å². The van der Waals surface area contributed by atoms with Crippen molar-refractivity contribution in [3.8, 4) is 0 Å². The number of imide groups is 1. The normalized spacial score (nSPS) is 13.4. The van der Waals surface area contributed by atoms with Crippen molar-refractivity contribution in [1.29, 1.82) is 0 Å². The summed E-state index contributed by atoms with van der Waals surface area (Å²) in [7, 11) is 1.44. The molecule has 0 bridgehead atoms. The van der Waals surface area contributed by atoms with Gasteiger partial charge in [0.1, 0.15) is 0 Å². The minimum atomic E-state index is -0.351. The topological polar surface area (TPSA) is 78.5 Å². The van der Waals surface area contributed by atoms with Gasteiger partial charge in [-0.2, -0.15) is 0 Å². The van der Waals surface area contributed by atoms with Crippen molar-refractivity contribution in [3.63, 3.8) is 0 Å². The number of anilines is 1. The van der Waals surface area contributed by atoms with E-state index < -0.39 is 0 Å². The van der Waals surface area contributed by atoms with Gasteiger partial charge in [0.2, 0.25) is 5.91 Å². The molecule has 1 aromatic carbocycles. The lowest BCUT2D eigenvalue weighted by Crippen LogP contribution is -2.36. The minimum Gasteiger partial charge on any atom is -0.332 e. The molecule has 110 valence electrons. The summed E-state index contributed by atoms with van der Waals surface area (Å²) in [5.74, 6) is -1.05. The first-order valence-corrected chi connectivity index (χ1v) is 6.80. The third kappa shape index (κ3) is 2.92. The molecule has 2 N–H and O–H groups in total. The molecule has 0 aromatic heterocycles. The molecule has 0 saturated heterocycles. The first-order valence-electron chi connectivity index (χ1n) is 6.39. The Labute approximate surface area is 127 Å². The molecule has 0 unspecified atom stereocenters. The number of benzene rings is 1. The van der Waals surface area contributed by atoms with Gasteiger partial charge in [-0.25, -0.2) is 0 Å². The number of thiocarbonyl (C=S) groups is 1. The van der Waals surface area contributed by atoms with E-state index in [0.29, 0.717) is 16.8 Å². The molecule has 1 aliphatic heterocycles. The monoisotopic (exact) mass is 305 g/mol. The van der Waals surface area contributed by atoms with Crippen molar-refractivity contribution in [2.45, 2.75) is 13.8 Å². The molecule has 21 heavy (non-hydrogen) atoms. The Morgan fingerprint density at radius 1 is 1.19 bits per heavy atom. The van der Waals surface area contributed by atoms with Crippen molar-refractivity contribution in [2.24, 2.45) is 5.92 Å². The van der Waals surface area contributed by atoms with Crippen LogP contribution in [0.3, 0.4) is 0 Å². The fourth-order valence-corrected chi connectivity index (χ4v) is 2.08. The number of hydrogen-bond donors (Lipinski definition) is 2. The fourth-order valence-electron chi connectivity index (χ4n) is 1.86. The Kier molecular flexibility index (Phi) is 4.04. The maximum atomic E-state index is 11.9. The predicted octanol–water partition coefficient (Wildman–Crippen LogP) is 1.38. The summed E-state index contributed by atoms with van der Waals surface area (Å²) in [4.78, 5) is 36.2. The molecule has 0 saturated carbocycles. The number of nitrogens with zero attached hydrogens (tertiary/aromatic N) is 1. The summed E-state index contributed by atoms with van der Waals surface area (Å²) < 4.78 is 0. The molecule has 0 atom stereocenters. The number of amides is 3. The van der Waals surface area contributed by atoms with E-state index in [4.69, 9.17) is 12.2 Å². The van der Waals surface area contributed by atoms with Gasteiger partial charge in [0.15, 0.2) is 5.11 Å². The molecular weight excluding hydrogens is 290 g/mol. The van der Waals surface area contributed by atoms with Crippen LogP contribution >= 0.6 is 12.2 Å². The number of nitrogens with one attached hydrogen (secondary N) is 2. The van der Waals surface area contributed by atoms with E-state index in [2.05, 4.69) is 10.6 Å². The second kappa shape index (κ2) is 5.61. The summed E-state index contributed by atoms with van der Waals surface area (Å²) in [6.45, 7) is 3.51. The van der Waals surface area contributed by atoms with Crippen molar-refractivity contribution >= 4 is 40.7 Å². The molecule has 0 fully saturated rings. The van der Waals surface area contributed by atoms with Crippen LogP contribution in [0.4, 0.5) is 5.69 Å². The third-order valence-electron chi connectivity index (χ3n) is 3.11. The van der Waals surface area contributed by atoms with Gasteiger partial charge in [-0.05, 0) is 30.4 Å². The lowest BCUT2D eigenvalue weighted by Gasteiger charge is -2.11. The number of rotatable bonds is 2.